The fraction of sp³-hybridized carbons (Fsp3) is 0.462. The maximum atomic E-state index is 12.3. The molecule has 1 aliphatic rings. The first kappa shape index (κ1) is 12.4. The molecule has 0 fully saturated rings. The van der Waals surface area contributed by atoms with E-state index in [1.54, 1.807) is 11.9 Å². The van der Waals surface area contributed by atoms with Crippen molar-refractivity contribution in [2.45, 2.75) is 20.8 Å². The molecule has 0 saturated carbocycles. The molecule has 92 valence electrons. The average molecular weight is 298 g/mol. The molecule has 0 spiro atoms. The predicted molar refractivity (Wildman–Crippen MR) is 71.6 cm³/mol. The number of fused-ring (bicyclic) bond motifs is 1. The van der Waals surface area contributed by atoms with Gasteiger partial charge in [-0.2, -0.15) is 0 Å². The van der Waals surface area contributed by atoms with E-state index in [1.165, 1.54) is 0 Å². The van der Waals surface area contributed by atoms with E-state index in [1.807, 2.05) is 32.9 Å². The summed E-state index contributed by atoms with van der Waals surface area (Å²) in [6, 6.07) is 3.97. The molecule has 3 nitrogen and oxygen atoms in total. The molecule has 1 amide bonds. The maximum Gasteiger partial charge on any atom is 0.235 e. The van der Waals surface area contributed by atoms with Gasteiger partial charge in [-0.1, -0.05) is 0 Å². The lowest BCUT2D eigenvalue weighted by molar-refractivity contribution is -0.127. The molecular formula is C13H16BrNO2. The van der Waals surface area contributed by atoms with Crippen LogP contribution in [0.2, 0.25) is 0 Å². The van der Waals surface area contributed by atoms with Gasteiger partial charge in [0.2, 0.25) is 5.91 Å². The molecular weight excluding hydrogens is 282 g/mol. The van der Waals surface area contributed by atoms with Gasteiger partial charge in [0.05, 0.1) is 15.6 Å². The summed E-state index contributed by atoms with van der Waals surface area (Å²) in [5.41, 5.74) is 1.42. The van der Waals surface area contributed by atoms with Gasteiger partial charge in [0, 0.05) is 7.05 Å². The SMILES string of the molecule is Cc1cc(Br)c2c(c1)N(C)C(=O)C(C)(C)CO2. The van der Waals surface area contributed by atoms with Gasteiger partial charge in [-0.05, 0) is 54.4 Å². The number of benzene rings is 1. The molecule has 17 heavy (non-hydrogen) atoms. The van der Waals surface area contributed by atoms with Crippen LogP contribution in [0.3, 0.4) is 0 Å². The van der Waals surface area contributed by atoms with E-state index in [-0.39, 0.29) is 5.91 Å². The first-order chi connectivity index (χ1) is 7.83. The molecule has 0 unspecified atom stereocenters. The number of amides is 1. The molecule has 0 radical (unpaired) electrons. The van der Waals surface area contributed by atoms with Crippen molar-refractivity contribution in [2.75, 3.05) is 18.6 Å². The monoisotopic (exact) mass is 297 g/mol. The number of anilines is 1. The number of ether oxygens (including phenoxy) is 1. The van der Waals surface area contributed by atoms with Gasteiger partial charge in [-0.3, -0.25) is 4.79 Å². The minimum atomic E-state index is -0.499. The highest BCUT2D eigenvalue weighted by atomic mass is 79.9. The summed E-state index contributed by atoms with van der Waals surface area (Å²) >= 11 is 3.49. The number of halogens is 1. The van der Waals surface area contributed by atoms with Crippen LogP contribution >= 0.6 is 15.9 Å². The predicted octanol–water partition coefficient (Wildman–Crippen LogP) is 3.14. The Morgan fingerprint density at radius 2 is 2.06 bits per heavy atom. The topological polar surface area (TPSA) is 29.5 Å². The molecule has 1 heterocycles. The first-order valence-corrected chi connectivity index (χ1v) is 6.33. The van der Waals surface area contributed by atoms with Crippen LogP contribution in [0, 0.1) is 12.3 Å². The fourth-order valence-corrected chi connectivity index (χ4v) is 2.66. The highest BCUT2D eigenvalue weighted by molar-refractivity contribution is 9.10. The van der Waals surface area contributed by atoms with Crippen molar-refractivity contribution in [1.82, 2.24) is 0 Å². The Morgan fingerprint density at radius 1 is 1.41 bits per heavy atom. The number of carbonyl (C=O) groups excluding carboxylic acids is 1. The van der Waals surface area contributed by atoms with E-state index in [9.17, 15) is 4.79 Å². The van der Waals surface area contributed by atoms with Crippen LogP contribution in [0.4, 0.5) is 5.69 Å². The van der Waals surface area contributed by atoms with Crippen molar-refractivity contribution in [1.29, 1.82) is 0 Å². The molecule has 0 aliphatic carbocycles. The minimum Gasteiger partial charge on any atom is -0.489 e. The van der Waals surface area contributed by atoms with E-state index in [4.69, 9.17) is 4.74 Å². The van der Waals surface area contributed by atoms with Crippen LogP contribution in [-0.2, 0) is 4.79 Å². The van der Waals surface area contributed by atoms with Gasteiger partial charge >= 0.3 is 0 Å². The highest BCUT2D eigenvalue weighted by Crippen LogP contribution is 2.41. The van der Waals surface area contributed by atoms with Crippen LogP contribution in [0.15, 0.2) is 16.6 Å². The van der Waals surface area contributed by atoms with Crippen LogP contribution < -0.4 is 9.64 Å². The van der Waals surface area contributed by atoms with Crippen LogP contribution in [0.5, 0.6) is 5.75 Å². The van der Waals surface area contributed by atoms with Gasteiger partial charge in [0.25, 0.3) is 0 Å². The van der Waals surface area contributed by atoms with Crippen molar-refractivity contribution in [2.24, 2.45) is 5.41 Å². The Kier molecular flexibility index (Phi) is 2.94. The lowest BCUT2D eigenvalue weighted by Crippen LogP contribution is -2.39. The highest BCUT2D eigenvalue weighted by Gasteiger charge is 2.36. The van der Waals surface area contributed by atoms with Crippen molar-refractivity contribution in [3.05, 3.63) is 22.2 Å². The maximum absolute atomic E-state index is 12.3. The minimum absolute atomic E-state index is 0.0775. The fourth-order valence-electron chi connectivity index (χ4n) is 1.98. The van der Waals surface area contributed by atoms with Gasteiger partial charge in [-0.15, -0.1) is 0 Å². The number of carbonyl (C=O) groups is 1. The second-order valence-corrected chi connectivity index (χ2v) is 5.99. The number of hydrogen-bond donors (Lipinski definition) is 0. The molecule has 1 aromatic carbocycles. The molecule has 0 saturated heterocycles. The third kappa shape index (κ3) is 2.06. The van der Waals surface area contributed by atoms with Gasteiger partial charge in [-0.25, -0.2) is 0 Å². The molecule has 0 aromatic heterocycles. The third-order valence-corrected chi connectivity index (χ3v) is 3.58. The summed E-state index contributed by atoms with van der Waals surface area (Å²) in [4.78, 5) is 14.0. The first-order valence-electron chi connectivity index (χ1n) is 5.54. The van der Waals surface area contributed by atoms with Crippen molar-refractivity contribution in [3.63, 3.8) is 0 Å². The summed E-state index contributed by atoms with van der Waals surface area (Å²) in [5, 5.41) is 0. The van der Waals surface area contributed by atoms with Crippen molar-refractivity contribution in [3.8, 4) is 5.75 Å². The molecule has 2 rings (SSSR count). The molecule has 1 aromatic rings. The Morgan fingerprint density at radius 3 is 2.71 bits per heavy atom. The summed E-state index contributed by atoms with van der Waals surface area (Å²) < 4.78 is 6.67. The molecule has 0 N–H and O–H groups in total. The van der Waals surface area contributed by atoms with Crippen molar-refractivity contribution >= 4 is 27.5 Å². The Bertz CT molecular complexity index is 483. The van der Waals surface area contributed by atoms with E-state index in [0.29, 0.717) is 6.61 Å². The summed E-state index contributed by atoms with van der Waals surface area (Å²) in [7, 11) is 1.80. The summed E-state index contributed by atoms with van der Waals surface area (Å²) in [6.07, 6.45) is 0. The molecule has 1 aliphatic heterocycles. The van der Waals surface area contributed by atoms with E-state index < -0.39 is 5.41 Å². The Balaban J connectivity index is 2.59. The number of aryl methyl sites for hydroxylation is 1. The zero-order chi connectivity index (χ0) is 12.8. The second-order valence-electron chi connectivity index (χ2n) is 5.13. The lowest BCUT2D eigenvalue weighted by atomic mass is 9.93. The number of hydrogen-bond acceptors (Lipinski definition) is 2. The van der Waals surface area contributed by atoms with Gasteiger partial charge < -0.3 is 9.64 Å². The summed E-state index contributed by atoms with van der Waals surface area (Å²) in [6.45, 7) is 6.20. The normalized spacial score (nSPS) is 18.4. The van der Waals surface area contributed by atoms with Crippen LogP contribution in [0.25, 0.3) is 0 Å². The number of rotatable bonds is 0. The largest absolute Gasteiger partial charge is 0.489 e. The quantitative estimate of drug-likeness (QED) is 0.736. The van der Waals surface area contributed by atoms with Gasteiger partial charge in [0.1, 0.15) is 6.61 Å². The Labute approximate surface area is 110 Å². The van der Waals surface area contributed by atoms with Gasteiger partial charge in [0.15, 0.2) is 5.75 Å². The zero-order valence-corrected chi connectivity index (χ0v) is 12.1. The lowest BCUT2D eigenvalue weighted by Gasteiger charge is -2.24. The summed E-state index contributed by atoms with van der Waals surface area (Å²) in [5.74, 6) is 0.825. The number of nitrogens with zero attached hydrogens (tertiary/aromatic N) is 1. The van der Waals surface area contributed by atoms with Crippen LogP contribution in [0.1, 0.15) is 19.4 Å². The van der Waals surface area contributed by atoms with E-state index in [2.05, 4.69) is 15.9 Å². The standard InChI is InChI=1S/C13H16BrNO2/c1-8-5-9(14)11-10(6-8)15(4)12(16)13(2,3)7-17-11/h5-6H,7H2,1-4H3. The molecule has 4 heteroatoms. The zero-order valence-electron chi connectivity index (χ0n) is 10.5. The van der Waals surface area contributed by atoms with Crippen molar-refractivity contribution < 1.29 is 9.53 Å². The van der Waals surface area contributed by atoms with E-state index in [0.717, 1.165) is 21.5 Å². The van der Waals surface area contributed by atoms with Crippen LogP contribution in [-0.4, -0.2) is 19.6 Å². The smallest absolute Gasteiger partial charge is 0.235 e. The molecule has 0 atom stereocenters. The third-order valence-electron chi connectivity index (χ3n) is 2.99. The second kappa shape index (κ2) is 4.02. The van der Waals surface area contributed by atoms with E-state index >= 15 is 0 Å². The Hall–Kier alpha value is -1.03. The molecule has 0 bridgehead atoms. The average Bonchev–Trinajstić information content (AvgIpc) is 2.31.